The average molecular weight is 249 g/mol. The number of nitrogens with zero attached hydrogens (tertiary/aromatic N) is 1. The Labute approximate surface area is 98.7 Å². The van der Waals surface area contributed by atoms with Crippen molar-refractivity contribution in [1.29, 1.82) is 0 Å². The smallest absolute Gasteiger partial charge is 0.214 e. The van der Waals surface area contributed by atoms with Gasteiger partial charge in [0.15, 0.2) is 0 Å². The Bertz CT molecular complexity index is 290. The molecule has 96 valence electrons. The van der Waals surface area contributed by atoms with Gasteiger partial charge in [-0.3, -0.25) is 0 Å². The van der Waals surface area contributed by atoms with E-state index >= 15 is 0 Å². The minimum Gasteiger partial charge on any atom is -0.396 e. The molecule has 1 N–H and O–H groups in total. The third-order valence-corrected chi connectivity index (χ3v) is 5.19. The number of piperidine rings is 1. The van der Waals surface area contributed by atoms with Crippen molar-refractivity contribution in [3.05, 3.63) is 0 Å². The largest absolute Gasteiger partial charge is 0.396 e. The van der Waals surface area contributed by atoms with Gasteiger partial charge in [-0.05, 0) is 31.6 Å². The maximum absolute atomic E-state index is 12.0. The normalized spacial score (nSPS) is 23.5. The second-order valence-corrected chi connectivity index (χ2v) is 6.61. The Morgan fingerprint density at radius 2 is 2.12 bits per heavy atom. The third kappa shape index (κ3) is 4.03. The standard InChI is InChI=1S/C11H23NO3S/c1-2-11-6-5-7-12(10-11)16(14,15)9-4-3-8-13/h11,13H,2-10H2,1H3. The summed E-state index contributed by atoms with van der Waals surface area (Å²) in [4.78, 5) is 0. The molecule has 5 heteroatoms. The van der Waals surface area contributed by atoms with Gasteiger partial charge in [0.2, 0.25) is 10.0 Å². The quantitative estimate of drug-likeness (QED) is 0.720. The second-order valence-electron chi connectivity index (χ2n) is 4.52. The molecule has 1 heterocycles. The number of unbranched alkanes of at least 4 members (excludes halogenated alkanes) is 1. The Hall–Kier alpha value is -0.130. The molecule has 0 aliphatic carbocycles. The molecule has 0 aromatic carbocycles. The lowest BCUT2D eigenvalue weighted by atomic mass is 9.97. The van der Waals surface area contributed by atoms with E-state index in [0.29, 0.717) is 31.8 Å². The maximum Gasteiger partial charge on any atom is 0.214 e. The Kier molecular flexibility index (Phi) is 5.72. The summed E-state index contributed by atoms with van der Waals surface area (Å²) in [5.41, 5.74) is 0. The van der Waals surface area contributed by atoms with Crippen molar-refractivity contribution in [1.82, 2.24) is 4.31 Å². The van der Waals surface area contributed by atoms with Crippen molar-refractivity contribution in [3.8, 4) is 0 Å². The minimum absolute atomic E-state index is 0.0765. The monoisotopic (exact) mass is 249 g/mol. The van der Waals surface area contributed by atoms with Crippen LogP contribution in [0, 0.1) is 5.92 Å². The SMILES string of the molecule is CCC1CCCN(S(=O)(=O)CCCCO)C1. The molecular formula is C11H23NO3S. The van der Waals surface area contributed by atoms with Crippen LogP contribution < -0.4 is 0 Å². The highest BCUT2D eigenvalue weighted by Gasteiger charge is 2.27. The molecule has 1 rings (SSSR count). The first-order valence-corrected chi connectivity index (χ1v) is 7.79. The fraction of sp³-hybridized carbons (Fsp3) is 1.00. The van der Waals surface area contributed by atoms with Crippen molar-refractivity contribution in [2.24, 2.45) is 5.92 Å². The molecule has 0 amide bonds. The Morgan fingerprint density at radius 1 is 1.38 bits per heavy atom. The van der Waals surface area contributed by atoms with Crippen LogP contribution in [-0.2, 0) is 10.0 Å². The van der Waals surface area contributed by atoms with Crippen LogP contribution in [-0.4, -0.2) is 43.3 Å². The van der Waals surface area contributed by atoms with E-state index in [1.165, 1.54) is 0 Å². The van der Waals surface area contributed by atoms with Crippen molar-refractivity contribution < 1.29 is 13.5 Å². The summed E-state index contributed by atoms with van der Waals surface area (Å²) < 4.78 is 25.6. The number of sulfonamides is 1. The minimum atomic E-state index is -3.08. The molecular weight excluding hydrogens is 226 g/mol. The van der Waals surface area contributed by atoms with Crippen molar-refractivity contribution in [3.63, 3.8) is 0 Å². The van der Waals surface area contributed by atoms with E-state index in [9.17, 15) is 8.42 Å². The van der Waals surface area contributed by atoms with Gasteiger partial charge < -0.3 is 5.11 Å². The predicted octanol–water partition coefficient (Wildman–Crippen LogP) is 1.21. The number of hydrogen-bond acceptors (Lipinski definition) is 3. The Balaban J connectivity index is 2.47. The van der Waals surface area contributed by atoms with Crippen LogP contribution in [0.25, 0.3) is 0 Å². The molecule has 0 bridgehead atoms. The average Bonchev–Trinajstić information content (AvgIpc) is 2.29. The summed E-state index contributed by atoms with van der Waals surface area (Å²) in [5.74, 6) is 0.714. The van der Waals surface area contributed by atoms with E-state index < -0.39 is 10.0 Å². The molecule has 0 spiro atoms. The van der Waals surface area contributed by atoms with Crippen LogP contribution in [0.4, 0.5) is 0 Å². The van der Waals surface area contributed by atoms with E-state index in [2.05, 4.69) is 6.92 Å². The highest BCUT2D eigenvalue weighted by molar-refractivity contribution is 7.89. The number of rotatable bonds is 6. The first kappa shape index (κ1) is 13.9. The van der Waals surface area contributed by atoms with E-state index in [4.69, 9.17) is 5.11 Å². The molecule has 1 atom stereocenters. The van der Waals surface area contributed by atoms with Gasteiger partial charge in [-0.1, -0.05) is 13.3 Å². The van der Waals surface area contributed by atoms with Crippen molar-refractivity contribution in [2.75, 3.05) is 25.4 Å². The van der Waals surface area contributed by atoms with E-state index in [-0.39, 0.29) is 12.4 Å². The van der Waals surface area contributed by atoms with Crippen LogP contribution in [0.5, 0.6) is 0 Å². The van der Waals surface area contributed by atoms with E-state index in [1.54, 1.807) is 4.31 Å². The van der Waals surface area contributed by atoms with Gasteiger partial charge in [-0.25, -0.2) is 12.7 Å². The van der Waals surface area contributed by atoms with Gasteiger partial charge in [-0.2, -0.15) is 0 Å². The van der Waals surface area contributed by atoms with Gasteiger partial charge in [0, 0.05) is 19.7 Å². The van der Waals surface area contributed by atoms with Gasteiger partial charge in [-0.15, -0.1) is 0 Å². The van der Waals surface area contributed by atoms with Crippen molar-refractivity contribution in [2.45, 2.75) is 39.0 Å². The lowest BCUT2D eigenvalue weighted by Gasteiger charge is -2.31. The number of aliphatic hydroxyl groups is 1. The lowest BCUT2D eigenvalue weighted by Crippen LogP contribution is -2.40. The molecule has 0 aromatic heterocycles. The van der Waals surface area contributed by atoms with Gasteiger partial charge >= 0.3 is 0 Å². The summed E-state index contributed by atoms with van der Waals surface area (Å²) >= 11 is 0. The molecule has 0 saturated carbocycles. The molecule has 0 aromatic rings. The van der Waals surface area contributed by atoms with Crippen LogP contribution in [0.15, 0.2) is 0 Å². The topological polar surface area (TPSA) is 57.6 Å². The molecule has 1 aliphatic rings. The van der Waals surface area contributed by atoms with E-state index in [0.717, 1.165) is 19.3 Å². The summed E-state index contributed by atoms with van der Waals surface area (Å²) in [7, 11) is -3.08. The van der Waals surface area contributed by atoms with Crippen LogP contribution >= 0.6 is 0 Å². The number of aliphatic hydroxyl groups excluding tert-OH is 1. The van der Waals surface area contributed by atoms with Crippen LogP contribution in [0.1, 0.15) is 39.0 Å². The summed E-state index contributed by atoms with van der Waals surface area (Å²) in [5, 5.41) is 8.65. The maximum atomic E-state index is 12.0. The fourth-order valence-corrected chi connectivity index (χ4v) is 3.81. The number of hydrogen-bond donors (Lipinski definition) is 1. The first-order valence-electron chi connectivity index (χ1n) is 6.19. The van der Waals surface area contributed by atoms with Crippen LogP contribution in [0.3, 0.4) is 0 Å². The van der Waals surface area contributed by atoms with Crippen molar-refractivity contribution >= 4 is 10.0 Å². The molecule has 4 nitrogen and oxygen atoms in total. The molecule has 0 radical (unpaired) electrons. The second kappa shape index (κ2) is 6.57. The third-order valence-electron chi connectivity index (χ3n) is 3.26. The summed E-state index contributed by atoms with van der Waals surface area (Å²) in [6.45, 7) is 3.57. The van der Waals surface area contributed by atoms with Crippen LogP contribution in [0.2, 0.25) is 0 Å². The molecule has 1 saturated heterocycles. The van der Waals surface area contributed by atoms with E-state index in [1.807, 2.05) is 0 Å². The molecule has 16 heavy (non-hydrogen) atoms. The van der Waals surface area contributed by atoms with Gasteiger partial charge in [0.05, 0.1) is 5.75 Å². The first-order chi connectivity index (χ1) is 7.60. The summed E-state index contributed by atoms with van der Waals surface area (Å²) in [6, 6.07) is 0. The van der Waals surface area contributed by atoms with Gasteiger partial charge in [0.25, 0.3) is 0 Å². The zero-order chi connectivity index (χ0) is 12.0. The summed E-state index contributed by atoms with van der Waals surface area (Å²) in [6.07, 6.45) is 4.33. The molecule has 1 aliphatic heterocycles. The highest BCUT2D eigenvalue weighted by Crippen LogP contribution is 2.21. The fourth-order valence-electron chi connectivity index (χ4n) is 2.14. The molecule has 1 unspecified atom stereocenters. The predicted molar refractivity (Wildman–Crippen MR) is 64.7 cm³/mol. The zero-order valence-corrected chi connectivity index (χ0v) is 10.9. The Morgan fingerprint density at radius 3 is 2.75 bits per heavy atom. The lowest BCUT2D eigenvalue weighted by molar-refractivity contribution is 0.260. The van der Waals surface area contributed by atoms with Gasteiger partial charge in [0.1, 0.15) is 0 Å². The molecule has 1 fully saturated rings. The zero-order valence-electron chi connectivity index (χ0n) is 10.1. The highest BCUT2D eigenvalue weighted by atomic mass is 32.2.